The maximum atomic E-state index is 11.0. The predicted octanol–water partition coefficient (Wildman–Crippen LogP) is 1.03. The summed E-state index contributed by atoms with van der Waals surface area (Å²) < 4.78 is 6.95. The molecule has 0 saturated heterocycles. The van der Waals surface area contributed by atoms with Crippen LogP contribution in [-0.4, -0.2) is 32.1 Å². The summed E-state index contributed by atoms with van der Waals surface area (Å²) >= 11 is 0. The Hall–Kier alpha value is -2.96. The number of nitrogens with one attached hydrogen (secondary N) is 1. The second kappa shape index (κ2) is 4.96. The van der Waals surface area contributed by atoms with Crippen LogP contribution in [0.2, 0.25) is 0 Å². The zero-order chi connectivity index (χ0) is 13.9. The first-order valence-electron chi connectivity index (χ1n) is 5.89. The van der Waals surface area contributed by atoms with E-state index in [1.54, 1.807) is 36.3 Å². The topological polar surface area (TPSA) is 85.7 Å². The number of aromatic nitrogens is 5. The SMILES string of the molecule is COc1nc(-c2ccc(=O)[nH]n2)ccc1-n1cccn1. The van der Waals surface area contributed by atoms with Gasteiger partial charge < -0.3 is 4.74 Å². The van der Waals surface area contributed by atoms with Gasteiger partial charge in [-0.25, -0.2) is 14.8 Å². The third kappa shape index (κ3) is 2.16. The van der Waals surface area contributed by atoms with Crippen molar-refractivity contribution in [2.24, 2.45) is 0 Å². The second-order valence-electron chi connectivity index (χ2n) is 3.98. The number of methoxy groups -OCH3 is 1. The summed E-state index contributed by atoms with van der Waals surface area (Å²) in [5, 5.41) is 10.5. The molecule has 0 radical (unpaired) electrons. The van der Waals surface area contributed by atoms with Crippen LogP contribution in [0.3, 0.4) is 0 Å². The monoisotopic (exact) mass is 269 g/mol. The molecule has 0 saturated carbocycles. The normalized spacial score (nSPS) is 10.4. The minimum Gasteiger partial charge on any atom is -0.479 e. The van der Waals surface area contributed by atoms with Gasteiger partial charge in [-0.1, -0.05) is 0 Å². The number of rotatable bonds is 3. The van der Waals surface area contributed by atoms with Gasteiger partial charge in [0, 0.05) is 18.5 Å². The molecule has 7 heteroatoms. The molecule has 7 nitrogen and oxygen atoms in total. The molecule has 1 N–H and O–H groups in total. The molecule has 0 unspecified atom stereocenters. The Bertz CT molecular complexity index is 759. The van der Waals surface area contributed by atoms with Gasteiger partial charge in [0.05, 0.1) is 12.8 Å². The molecule has 20 heavy (non-hydrogen) atoms. The molecule has 0 amide bonds. The zero-order valence-corrected chi connectivity index (χ0v) is 10.6. The summed E-state index contributed by atoms with van der Waals surface area (Å²) in [6.45, 7) is 0. The lowest BCUT2D eigenvalue weighted by molar-refractivity contribution is 0.395. The lowest BCUT2D eigenvalue weighted by atomic mass is 10.2. The highest BCUT2D eigenvalue weighted by molar-refractivity contribution is 5.57. The molecule has 3 aromatic rings. The van der Waals surface area contributed by atoms with Crippen molar-refractivity contribution in [3.63, 3.8) is 0 Å². The van der Waals surface area contributed by atoms with E-state index in [2.05, 4.69) is 20.3 Å². The molecule has 0 atom stereocenters. The number of hydrogen-bond acceptors (Lipinski definition) is 5. The van der Waals surface area contributed by atoms with Crippen LogP contribution in [0.25, 0.3) is 17.1 Å². The van der Waals surface area contributed by atoms with Crippen LogP contribution >= 0.6 is 0 Å². The summed E-state index contributed by atoms with van der Waals surface area (Å²) in [4.78, 5) is 15.4. The zero-order valence-electron chi connectivity index (χ0n) is 10.6. The van der Waals surface area contributed by atoms with E-state index in [4.69, 9.17) is 4.74 Å². The van der Waals surface area contributed by atoms with E-state index in [9.17, 15) is 4.79 Å². The lowest BCUT2D eigenvalue weighted by Gasteiger charge is -2.09. The average molecular weight is 269 g/mol. The molecular weight excluding hydrogens is 258 g/mol. The van der Waals surface area contributed by atoms with Gasteiger partial charge >= 0.3 is 0 Å². The van der Waals surface area contributed by atoms with Crippen LogP contribution in [-0.2, 0) is 0 Å². The van der Waals surface area contributed by atoms with Crippen LogP contribution in [0.5, 0.6) is 5.88 Å². The third-order valence-corrected chi connectivity index (χ3v) is 2.73. The Kier molecular flexibility index (Phi) is 3.00. The molecule has 3 heterocycles. The highest BCUT2D eigenvalue weighted by Crippen LogP contribution is 2.23. The van der Waals surface area contributed by atoms with Crippen LogP contribution in [0.4, 0.5) is 0 Å². The first-order valence-corrected chi connectivity index (χ1v) is 5.89. The van der Waals surface area contributed by atoms with Crippen molar-refractivity contribution in [1.82, 2.24) is 25.0 Å². The Balaban J connectivity index is 2.07. The summed E-state index contributed by atoms with van der Waals surface area (Å²) in [5.74, 6) is 0.430. The smallest absolute Gasteiger partial charge is 0.264 e. The number of hydrogen-bond donors (Lipinski definition) is 1. The summed E-state index contributed by atoms with van der Waals surface area (Å²) in [6, 6.07) is 8.45. The van der Waals surface area contributed by atoms with Gasteiger partial charge in [-0.15, -0.1) is 0 Å². The molecular formula is C13H11N5O2. The van der Waals surface area contributed by atoms with Gasteiger partial charge in [-0.05, 0) is 24.3 Å². The van der Waals surface area contributed by atoms with E-state index >= 15 is 0 Å². The van der Waals surface area contributed by atoms with Crippen LogP contribution in [0, 0.1) is 0 Å². The highest BCUT2D eigenvalue weighted by atomic mass is 16.5. The summed E-state index contributed by atoms with van der Waals surface area (Å²) in [6.07, 6.45) is 3.48. The number of nitrogens with zero attached hydrogens (tertiary/aromatic N) is 4. The predicted molar refractivity (Wildman–Crippen MR) is 71.8 cm³/mol. The maximum absolute atomic E-state index is 11.0. The number of aromatic amines is 1. The van der Waals surface area contributed by atoms with E-state index in [1.165, 1.54) is 6.07 Å². The van der Waals surface area contributed by atoms with E-state index < -0.39 is 0 Å². The van der Waals surface area contributed by atoms with Crippen molar-refractivity contribution in [2.75, 3.05) is 7.11 Å². The van der Waals surface area contributed by atoms with Crippen molar-refractivity contribution in [2.45, 2.75) is 0 Å². The third-order valence-electron chi connectivity index (χ3n) is 2.73. The molecule has 0 fully saturated rings. The van der Waals surface area contributed by atoms with Gasteiger partial charge in [0.25, 0.3) is 5.56 Å². The first kappa shape index (κ1) is 12.1. The van der Waals surface area contributed by atoms with E-state index in [1.807, 2.05) is 12.1 Å². The highest BCUT2D eigenvalue weighted by Gasteiger charge is 2.10. The molecule has 0 aromatic carbocycles. The van der Waals surface area contributed by atoms with Crippen LogP contribution in [0.15, 0.2) is 47.5 Å². The van der Waals surface area contributed by atoms with Crippen molar-refractivity contribution >= 4 is 0 Å². The lowest BCUT2D eigenvalue weighted by Crippen LogP contribution is -2.07. The number of H-pyrrole nitrogens is 1. The maximum Gasteiger partial charge on any atom is 0.264 e. The van der Waals surface area contributed by atoms with Crippen molar-refractivity contribution in [3.8, 4) is 23.0 Å². The van der Waals surface area contributed by atoms with Gasteiger partial charge in [0.15, 0.2) is 0 Å². The largest absolute Gasteiger partial charge is 0.479 e. The minimum atomic E-state index is -0.256. The standard InChI is InChI=1S/C13H11N5O2/c1-20-13-11(18-8-2-7-14-18)5-3-9(15-13)10-4-6-12(19)17-16-10/h2-8H,1H3,(H,17,19). The van der Waals surface area contributed by atoms with E-state index in [-0.39, 0.29) is 5.56 Å². The fourth-order valence-corrected chi connectivity index (χ4v) is 1.80. The molecule has 3 aromatic heterocycles. The number of pyridine rings is 1. The molecule has 0 spiro atoms. The van der Waals surface area contributed by atoms with Gasteiger partial charge in [-0.3, -0.25) is 4.79 Å². The summed E-state index contributed by atoms with van der Waals surface area (Å²) in [7, 11) is 1.54. The minimum absolute atomic E-state index is 0.256. The van der Waals surface area contributed by atoms with Crippen LogP contribution < -0.4 is 10.3 Å². The Labute approximate surface area is 113 Å². The Morgan fingerprint density at radius 2 is 2.05 bits per heavy atom. The molecule has 0 aliphatic rings. The first-order chi connectivity index (χ1) is 9.78. The quantitative estimate of drug-likeness (QED) is 0.767. The van der Waals surface area contributed by atoms with Crippen LogP contribution in [0.1, 0.15) is 0 Å². The fraction of sp³-hybridized carbons (Fsp3) is 0.0769. The molecule has 0 aliphatic heterocycles. The molecule has 0 aliphatic carbocycles. The van der Waals surface area contributed by atoms with E-state index in [0.29, 0.717) is 17.3 Å². The van der Waals surface area contributed by atoms with Crippen molar-refractivity contribution in [3.05, 3.63) is 53.1 Å². The average Bonchev–Trinajstić information content (AvgIpc) is 3.01. The van der Waals surface area contributed by atoms with Gasteiger partial charge in [0.2, 0.25) is 5.88 Å². The van der Waals surface area contributed by atoms with Crippen molar-refractivity contribution in [1.29, 1.82) is 0 Å². The molecule has 100 valence electrons. The molecule has 0 bridgehead atoms. The van der Waals surface area contributed by atoms with Crippen molar-refractivity contribution < 1.29 is 4.74 Å². The second-order valence-corrected chi connectivity index (χ2v) is 3.98. The summed E-state index contributed by atoms with van der Waals surface area (Å²) in [5.41, 5.74) is 1.64. The van der Waals surface area contributed by atoms with Gasteiger partial charge in [0.1, 0.15) is 11.4 Å². The number of ether oxygens (including phenoxy) is 1. The fourth-order valence-electron chi connectivity index (χ4n) is 1.80. The molecule has 3 rings (SSSR count). The van der Waals surface area contributed by atoms with E-state index in [0.717, 1.165) is 5.69 Å². The Morgan fingerprint density at radius 3 is 2.70 bits per heavy atom. The Morgan fingerprint density at radius 1 is 1.20 bits per heavy atom. The van der Waals surface area contributed by atoms with Gasteiger partial charge in [-0.2, -0.15) is 10.2 Å².